The third-order valence-electron chi connectivity index (χ3n) is 3.70. The van der Waals surface area contributed by atoms with Gasteiger partial charge >= 0.3 is 0 Å². The molecule has 108 valence electrons. The van der Waals surface area contributed by atoms with Crippen LogP contribution in [0.15, 0.2) is 21.0 Å². The molecule has 0 amide bonds. The average Bonchev–Trinajstić information content (AvgIpc) is 3.06. The van der Waals surface area contributed by atoms with Gasteiger partial charge in [-0.3, -0.25) is 0 Å². The Balaban J connectivity index is 1.86. The fraction of sp³-hybridized carbons (Fsp3) is 0.562. The number of nitrogens with zero attached hydrogens (tertiary/aromatic N) is 1. The van der Waals surface area contributed by atoms with E-state index < -0.39 is 0 Å². The molecule has 0 N–H and O–H groups in total. The van der Waals surface area contributed by atoms with Gasteiger partial charge in [-0.2, -0.15) is 0 Å². The maximum atomic E-state index is 6.05. The predicted molar refractivity (Wildman–Crippen MR) is 89.5 cm³/mol. The van der Waals surface area contributed by atoms with Gasteiger partial charge in [0, 0.05) is 27.4 Å². The van der Waals surface area contributed by atoms with Crippen LogP contribution in [0.2, 0.25) is 0 Å². The summed E-state index contributed by atoms with van der Waals surface area (Å²) in [5.74, 6) is 0. The number of halogens is 1. The summed E-state index contributed by atoms with van der Waals surface area (Å²) in [6, 6.07) is 4.38. The molecule has 4 heteroatoms. The zero-order valence-corrected chi connectivity index (χ0v) is 14.6. The van der Waals surface area contributed by atoms with Gasteiger partial charge in [0.05, 0.1) is 12.2 Å². The van der Waals surface area contributed by atoms with Crippen LogP contribution in [0.3, 0.4) is 0 Å². The second-order valence-corrected chi connectivity index (χ2v) is 9.25. The number of hydrogen-bond acceptors (Lipinski definition) is 3. The Labute approximate surface area is 133 Å². The van der Waals surface area contributed by atoms with Crippen LogP contribution in [-0.2, 0) is 17.8 Å². The van der Waals surface area contributed by atoms with Gasteiger partial charge < -0.3 is 4.74 Å². The normalized spacial score (nSPS) is 20.4. The number of ether oxygens (including phenoxy) is 1. The van der Waals surface area contributed by atoms with Crippen molar-refractivity contribution in [3.05, 3.63) is 33.3 Å². The maximum absolute atomic E-state index is 6.05. The summed E-state index contributed by atoms with van der Waals surface area (Å²) >= 11 is 5.23. The quantitative estimate of drug-likeness (QED) is 0.555. The van der Waals surface area contributed by atoms with E-state index in [1.54, 1.807) is 11.9 Å². The number of rotatable bonds is 2. The maximum Gasteiger partial charge on any atom is 0.0733 e. The van der Waals surface area contributed by atoms with Gasteiger partial charge in [-0.05, 0) is 68.8 Å². The van der Waals surface area contributed by atoms with Gasteiger partial charge in [0.1, 0.15) is 0 Å². The molecule has 20 heavy (non-hydrogen) atoms. The first-order valence-corrected chi connectivity index (χ1v) is 8.60. The molecule has 1 aromatic carbocycles. The topological polar surface area (TPSA) is 21.6 Å². The highest BCUT2D eigenvalue weighted by atomic mass is 79.9. The lowest BCUT2D eigenvalue weighted by atomic mass is 9.94. The van der Waals surface area contributed by atoms with Crippen molar-refractivity contribution >= 4 is 34.1 Å². The van der Waals surface area contributed by atoms with E-state index in [4.69, 9.17) is 4.74 Å². The van der Waals surface area contributed by atoms with Crippen molar-refractivity contribution in [2.75, 3.05) is 0 Å². The van der Waals surface area contributed by atoms with Gasteiger partial charge in [0.2, 0.25) is 0 Å². The Morgan fingerprint density at radius 1 is 1.35 bits per heavy atom. The van der Waals surface area contributed by atoms with E-state index in [2.05, 4.69) is 53.2 Å². The van der Waals surface area contributed by atoms with Crippen molar-refractivity contribution in [3.8, 4) is 0 Å². The fourth-order valence-electron chi connectivity index (χ4n) is 2.49. The summed E-state index contributed by atoms with van der Waals surface area (Å²) in [6.45, 7) is 7.24. The van der Waals surface area contributed by atoms with Crippen LogP contribution in [-0.4, -0.2) is 16.6 Å². The highest BCUT2D eigenvalue weighted by Gasteiger charge is 2.46. The molecule has 0 saturated heterocycles. The predicted octanol–water partition coefficient (Wildman–Crippen LogP) is 4.92. The van der Waals surface area contributed by atoms with E-state index in [1.165, 1.54) is 29.5 Å². The highest BCUT2D eigenvalue weighted by Crippen LogP contribution is 2.47. The molecule has 3 rings (SSSR count). The van der Waals surface area contributed by atoms with Crippen LogP contribution < -0.4 is 0 Å². The first-order valence-electron chi connectivity index (χ1n) is 7.04. The Morgan fingerprint density at radius 3 is 2.75 bits per heavy atom. The van der Waals surface area contributed by atoms with Crippen molar-refractivity contribution < 1.29 is 4.74 Å². The molecule has 0 aromatic heterocycles. The third-order valence-corrected chi connectivity index (χ3v) is 4.92. The summed E-state index contributed by atoms with van der Waals surface area (Å²) in [7, 11) is 0. The van der Waals surface area contributed by atoms with Crippen LogP contribution in [0, 0.1) is 0 Å². The van der Waals surface area contributed by atoms with E-state index in [9.17, 15) is 0 Å². The van der Waals surface area contributed by atoms with Gasteiger partial charge in [-0.15, -0.1) is 0 Å². The Bertz CT molecular complexity index is 558. The van der Waals surface area contributed by atoms with E-state index in [0.29, 0.717) is 0 Å². The van der Waals surface area contributed by atoms with Crippen LogP contribution >= 0.6 is 27.9 Å². The van der Waals surface area contributed by atoms with E-state index in [1.807, 2.05) is 6.21 Å². The van der Waals surface area contributed by atoms with Gasteiger partial charge in [0.25, 0.3) is 0 Å². The Morgan fingerprint density at radius 2 is 2.10 bits per heavy atom. The minimum atomic E-state index is 0.150. The van der Waals surface area contributed by atoms with Gasteiger partial charge in [-0.1, -0.05) is 15.9 Å². The summed E-state index contributed by atoms with van der Waals surface area (Å²) in [5.41, 5.74) is 4.08. The van der Waals surface area contributed by atoms with Crippen LogP contribution in [0.1, 0.15) is 50.3 Å². The van der Waals surface area contributed by atoms with Crippen molar-refractivity contribution in [1.29, 1.82) is 0 Å². The lowest BCUT2D eigenvalue weighted by Crippen LogP contribution is -2.24. The Hall–Kier alpha value is -0.320. The molecule has 0 radical (unpaired) electrons. The molecule has 2 aliphatic rings. The standard InChI is InChI=1S/C16H20BrNOS/c1-15(2,3)20-18-9-12-7-13(17)6-11-8-16(4-5-16)19-10-14(11)12/h6-7,9H,4-5,8,10H2,1-3H3/b18-9+. The zero-order chi connectivity index (χ0) is 14.4. The molecular weight excluding hydrogens is 334 g/mol. The highest BCUT2D eigenvalue weighted by molar-refractivity contribution is 9.10. The van der Waals surface area contributed by atoms with Gasteiger partial charge in [-0.25, -0.2) is 4.40 Å². The van der Waals surface area contributed by atoms with Gasteiger partial charge in [0.15, 0.2) is 0 Å². The lowest BCUT2D eigenvalue weighted by Gasteiger charge is -2.26. The monoisotopic (exact) mass is 353 g/mol. The second kappa shape index (κ2) is 5.15. The van der Waals surface area contributed by atoms with Crippen molar-refractivity contribution in [2.45, 2.75) is 57.0 Å². The first kappa shape index (κ1) is 14.6. The molecular formula is C16H20BrNOS. The molecule has 1 heterocycles. The van der Waals surface area contributed by atoms with Crippen LogP contribution in [0.25, 0.3) is 0 Å². The number of hydrogen-bond donors (Lipinski definition) is 0. The molecule has 1 spiro atoms. The van der Waals surface area contributed by atoms with Crippen molar-refractivity contribution in [3.63, 3.8) is 0 Å². The molecule has 1 fully saturated rings. The van der Waals surface area contributed by atoms with Crippen LogP contribution in [0.4, 0.5) is 0 Å². The smallest absolute Gasteiger partial charge is 0.0733 e. The molecule has 1 aliphatic carbocycles. The lowest BCUT2D eigenvalue weighted by molar-refractivity contribution is 0.00809. The molecule has 0 atom stereocenters. The molecule has 1 aromatic rings. The number of benzene rings is 1. The minimum absolute atomic E-state index is 0.150. The third kappa shape index (κ3) is 3.29. The summed E-state index contributed by atoms with van der Waals surface area (Å²) < 4.78 is 11.9. The SMILES string of the molecule is CC(C)(C)S/N=C/c1cc(Br)cc2c1COC1(CC1)C2. The minimum Gasteiger partial charge on any atom is -0.370 e. The van der Waals surface area contributed by atoms with E-state index >= 15 is 0 Å². The van der Waals surface area contributed by atoms with Crippen molar-refractivity contribution in [2.24, 2.45) is 4.40 Å². The van der Waals surface area contributed by atoms with Crippen LogP contribution in [0.5, 0.6) is 0 Å². The summed E-state index contributed by atoms with van der Waals surface area (Å²) in [6.07, 6.45) is 5.45. The molecule has 0 unspecified atom stereocenters. The average molecular weight is 354 g/mol. The molecule has 1 aliphatic heterocycles. The van der Waals surface area contributed by atoms with E-state index in [-0.39, 0.29) is 10.3 Å². The second-order valence-electron chi connectivity index (χ2n) is 6.72. The largest absolute Gasteiger partial charge is 0.370 e. The molecule has 2 nitrogen and oxygen atoms in total. The first-order chi connectivity index (χ1) is 9.37. The van der Waals surface area contributed by atoms with Crippen molar-refractivity contribution in [1.82, 2.24) is 0 Å². The zero-order valence-electron chi connectivity index (χ0n) is 12.2. The molecule has 1 saturated carbocycles. The summed E-state index contributed by atoms with van der Waals surface area (Å²) in [5, 5.41) is 0. The molecule has 0 bridgehead atoms. The van der Waals surface area contributed by atoms with E-state index in [0.717, 1.165) is 17.5 Å². The fourth-order valence-corrected chi connectivity index (χ4v) is 3.50. The summed E-state index contributed by atoms with van der Waals surface area (Å²) in [4.78, 5) is 0. The number of fused-ring (bicyclic) bond motifs is 1. The Kier molecular flexibility index (Phi) is 3.76.